The van der Waals surface area contributed by atoms with Gasteiger partial charge in [-0.15, -0.1) is 0 Å². The molecule has 2 N–H and O–H groups in total. The van der Waals surface area contributed by atoms with Gasteiger partial charge in [-0.1, -0.05) is 22.0 Å². The predicted octanol–water partition coefficient (Wildman–Crippen LogP) is 2.81. The highest BCUT2D eigenvalue weighted by molar-refractivity contribution is 9.10. The number of carbonyl (C=O) groups excluding carboxylic acids is 2. The second-order valence-corrected chi connectivity index (χ2v) is 6.11. The van der Waals surface area contributed by atoms with E-state index in [-0.39, 0.29) is 11.3 Å². The highest BCUT2D eigenvalue weighted by Gasteiger charge is 2.33. The molecule has 1 aliphatic heterocycles. The van der Waals surface area contributed by atoms with Crippen LogP contribution in [0.3, 0.4) is 0 Å². The highest BCUT2D eigenvalue weighted by Crippen LogP contribution is 2.34. The first-order chi connectivity index (χ1) is 12.0. The lowest BCUT2D eigenvalue weighted by Gasteiger charge is -2.11. The van der Waals surface area contributed by atoms with Gasteiger partial charge in [-0.05, 0) is 36.4 Å². The summed E-state index contributed by atoms with van der Waals surface area (Å²) in [6.07, 6.45) is 0. The molecule has 0 atom stereocenters. The first kappa shape index (κ1) is 16.7. The summed E-state index contributed by atoms with van der Waals surface area (Å²) in [5.74, 6) is -0.585. The van der Waals surface area contributed by atoms with Crippen molar-refractivity contribution in [1.82, 2.24) is 5.32 Å². The molecule has 0 radical (unpaired) electrons. The third-order valence-electron chi connectivity index (χ3n) is 3.62. The number of hydrogen-bond donors (Lipinski definition) is 2. The lowest BCUT2D eigenvalue weighted by molar-refractivity contribution is -0.123. The maximum absolute atomic E-state index is 12.3. The predicted molar refractivity (Wildman–Crippen MR) is 95.5 cm³/mol. The van der Waals surface area contributed by atoms with Crippen LogP contribution in [0, 0.1) is 11.3 Å². The number of rotatable bonds is 4. The number of carbonyl (C=O) groups is 2. The Balaban J connectivity index is 2.13. The summed E-state index contributed by atoms with van der Waals surface area (Å²) in [6, 6.07) is 13.9. The molecule has 124 valence electrons. The van der Waals surface area contributed by atoms with E-state index in [1.54, 1.807) is 42.5 Å². The van der Waals surface area contributed by atoms with Gasteiger partial charge < -0.3 is 10.1 Å². The van der Waals surface area contributed by atoms with Crippen molar-refractivity contribution in [2.45, 2.75) is 0 Å². The molecule has 3 rings (SSSR count). The van der Waals surface area contributed by atoms with Crippen molar-refractivity contribution in [2.24, 2.45) is 0 Å². The van der Waals surface area contributed by atoms with Crippen LogP contribution in [0.25, 0.3) is 5.57 Å². The van der Waals surface area contributed by atoms with Gasteiger partial charge >= 0.3 is 0 Å². The topological polar surface area (TPSA) is 91.2 Å². The van der Waals surface area contributed by atoms with Gasteiger partial charge in [0.25, 0.3) is 11.8 Å². The minimum absolute atomic E-state index is 0.108. The van der Waals surface area contributed by atoms with Crippen LogP contribution in [0.1, 0.15) is 11.1 Å². The van der Waals surface area contributed by atoms with Gasteiger partial charge in [0, 0.05) is 15.7 Å². The summed E-state index contributed by atoms with van der Waals surface area (Å²) in [5.41, 5.74) is 1.75. The Morgan fingerprint density at radius 2 is 1.96 bits per heavy atom. The number of methoxy groups -OCH3 is 1. The number of nitrogens with one attached hydrogen (secondary N) is 2. The summed E-state index contributed by atoms with van der Waals surface area (Å²) in [4.78, 5) is 24.6. The van der Waals surface area contributed by atoms with Crippen LogP contribution in [-0.4, -0.2) is 18.9 Å². The second kappa shape index (κ2) is 6.79. The quantitative estimate of drug-likeness (QED) is 0.773. The fourth-order valence-corrected chi connectivity index (χ4v) is 2.88. The number of ether oxygens (including phenoxy) is 1. The van der Waals surface area contributed by atoms with Gasteiger partial charge in [0.1, 0.15) is 11.4 Å². The Morgan fingerprint density at radius 3 is 2.68 bits per heavy atom. The number of nitriles is 1. The minimum atomic E-state index is -0.538. The third kappa shape index (κ3) is 3.25. The first-order valence-electron chi connectivity index (χ1n) is 7.24. The molecule has 2 aromatic carbocycles. The highest BCUT2D eigenvalue weighted by atomic mass is 79.9. The number of nitrogens with zero attached hydrogens (tertiary/aromatic N) is 1. The fraction of sp³-hybridized carbons (Fsp3) is 0.0556. The summed E-state index contributed by atoms with van der Waals surface area (Å²) in [5, 5.41) is 14.2. The van der Waals surface area contributed by atoms with Gasteiger partial charge in [0.15, 0.2) is 0 Å². The van der Waals surface area contributed by atoms with Crippen LogP contribution in [-0.2, 0) is 9.59 Å². The molecule has 0 fully saturated rings. The van der Waals surface area contributed by atoms with Crippen LogP contribution in [0.4, 0.5) is 5.69 Å². The molecule has 0 aromatic heterocycles. The van der Waals surface area contributed by atoms with E-state index in [9.17, 15) is 9.59 Å². The van der Waals surface area contributed by atoms with Gasteiger partial charge in [-0.25, -0.2) is 0 Å². The monoisotopic (exact) mass is 397 g/mol. The molecule has 0 aliphatic carbocycles. The number of halogens is 1. The van der Waals surface area contributed by atoms with Gasteiger partial charge in [0.2, 0.25) is 0 Å². The number of hydrogen-bond acceptors (Lipinski definition) is 5. The molecule has 0 spiro atoms. The second-order valence-electron chi connectivity index (χ2n) is 5.20. The lowest BCUT2D eigenvalue weighted by atomic mass is 10.0. The van der Waals surface area contributed by atoms with Crippen LogP contribution in [0.2, 0.25) is 0 Å². The first-order valence-corrected chi connectivity index (χ1v) is 8.04. The molecule has 7 heteroatoms. The standard InChI is InChI=1S/C18H12BrN3O3/c1-25-14-6-5-11(19)8-13(14)15-16(18(24)22-17(15)23)21-12-4-2-3-10(7-12)9-20/h2-8H,1H3,(H2,21,22,23,24). The molecule has 25 heavy (non-hydrogen) atoms. The normalized spacial score (nSPS) is 13.5. The number of anilines is 1. The molecule has 0 unspecified atom stereocenters. The molecule has 2 amide bonds. The summed E-state index contributed by atoms with van der Waals surface area (Å²) in [7, 11) is 1.49. The van der Waals surface area contributed by atoms with Crippen molar-refractivity contribution >= 4 is 39.0 Å². The average molecular weight is 398 g/mol. The van der Waals surface area contributed by atoms with Gasteiger partial charge in [0.05, 0.1) is 24.3 Å². The maximum Gasteiger partial charge on any atom is 0.275 e. The summed E-state index contributed by atoms with van der Waals surface area (Å²) < 4.78 is 6.06. The zero-order valence-electron chi connectivity index (χ0n) is 13.1. The summed E-state index contributed by atoms with van der Waals surface area (Å²) in [6.45, 7) is 0. The zero-order valence-corrected chi connectivity index (χ0v) is 14.7. The van der Waals surface area contributed by atoms with Crippen molar-refractivity contribution in [3.8, 4) is 11.8 Å². The third-order valence-corrected chi connectivity index (χ3v) is 4.12. The van der Waals surface area contributed by atoms with E-state index in [1.165, 1.54) is 7.11 Å². The number of imide groups is 1. The zero-order chi connectivity index (χ0) is 18.0. The van der Waals surface area contributed by atoms with Crippen molar-refractivity contribution in [3.63, 3.8) is 0 Å². The Bertz CT molecular complexity index is 960. The van der Waals surface area contributed by atoms with Crippen molar-refractivity contribution in [3.05, 3.63) is 63.8 Å². The van der Waals surface area contributed by atoms with Crippen LogP contribution < -0.4 is 15.4 Å². The molecule has 6 nitrogen and oxygen atoms in total. The summed E-state index contributed by atoms with van der Waals surface area (Å²) >= 11 is 3.36. The lowest BCUT2D eigenvalue weighted by Crippen LogP contribution is -2.24. The largest absolute Gasteiger partial charge is 0.496 e. The molecule has 2 aromatic rings. The minimum Gasteiger partial charge on any atom is -0.496 e. The van der Waals surface area contributed by atoms with E-state index in [1.807, 2.05) is 6.07 Å². The Kier molecular flexibility index (Phi) is 4.55. The SMILES string of the molecule is COc1ccc(Br)cc1C1=C(Nc2cccc(C#N)c2)C(=O)NC1=O. The van der Waals surface area contributed by atoms with E-state index in [4.69, 9.17) is 10.00 Å². The van der Waals surface area contributed by atoms with E-state index >= 15 is 0 Å². The van der Waals surface area contributed by atoms with Gasteiger partial charge in [-0.3, -0.25) is 14.9 Å². The molecule has 0 saturated carbocycles. The molecule has 0 bridgehead atoms. The van der Waals surface area contributed by atoms with Crippen molar-refractivity contribution < 1.29 is 14.3 Å². The Hall–Kier alpha value is -3.11. The van der Waals surface area contributed by atoms with E-state index in [2.05, 4.69) is 26.6 Å². The van der Waals surface area contributed by atoms with Gasteiger partial charge in [-0.2, -0.15) is 5.26 Å². The van der Waals surface area contributed by atoms with E-state index in [0.29, 0.717) is 22.6 Å². The van der Waals surface area contributed by atoms with Crippen molar-refractivity contribution in [1.29, 1.82) is 5.26 Å². The fourth-order valence-electron chi connectivity index (χ4n) is 2.52. The molecule has 1 aliphatic rings. The van der Waals surface area contributed by atoms with E-state index in [0.717, 1.165) is 4.47 Å². The average Bonchev–Trinajstić information content (AvgIpc) is 2.88. The molecule has 0 saturated heterocycles. The number of amides is 2. The Morgan fingerprint density at radius 1 is 1.16 bits per heavy atom. The molecular weight excluding hydrogens is 386 g/mol. The Labute approximate surface area is 152 Å². The van der Waals surface area contributed by atoms with Crippen LogP contribution >= 0.6 is 15.9 Å². The van der Waals surface area contributed by atoms with Crippen molar-refractivity contribution in [2.75, 3.05) is 12.4 Å². The smallest absolute Gasteiger partial charge is 0.275 e. The van der Waals surface area contributed by atoms with E-state index < -0.39 is 11.8 Å². The molecular formula is C18H12BrN3O3. The van der Waals surface area contributed by atoms with Crippen LogP contribution in [0.15, 0.2) is 52.6 Å². The van der Waals surface area contributed by atoms with Crippen LogP contribution in [0.5, 0.6) is 5.75 Å². The maximum atomic E-state index is 12.3. The number of benzene rings is 2. The molecule has 1 heterocycles.